The van der Waals surface area contributed by atoms with Gasteiger partial charge in [-0.25, -0.2) is 0 Å². The number of carbonyl (C=O) groups excluding carboxylic acids is 2. The van der Waals surface area contributed by atoms with E-state index in [9.17, 15) is 9.59 Å². The Labute approximate surface area is 212 Å². The molecule has 0 amide bonds. The molecule has 0 atom stereocenters. The largest absolute Gasteiger partial charge is 0.493 e. The van der Waals surface area contributed by atoms with Crippen LogP contribution in [0.15, 0.2) is 36.7 Å². The van der Waals surface area contributed by atoms with Crippen molar-refractivity contribution in [2.24, 2.45) is 0 Å². The van der Waals surface area contributed by atoms with Gasteiger partial charge in [-0.3, -0.25) is 19.6 Å². The van der Waals surface area contributed by atoms with E-state index in [0.717, 1.165) is 85.8 Å². The summed E-state index contributed by atoms with van der Waals surface area (Å²) in [5.41, 5.74) is 1.51. The van der Waals surface area contributed by atoms with E-state index in [1.165, 1.54) is 23.5 Å². The van der Waals surface area contributed by atoms with Gasteiger partial charge in [0.2, 0.25) is 0 Å². The summed E-state index contributed by atoms with van der Waals surface area (Å²) >= 11 is 2.80. The van der Waals surface area contributed by atoms with Crippen molar-refractivity contribution in [1.82, 2.24) is 9.97 Å². The highest BCUT2D eigenvalue weighted by Crippen LogP contribution is 2.23. The van der Waals surface area contributed by atoms with Crippen LogP contribution in [0.2, 0.25) is 0 Å². The summed E-state index contributed by atoms with van der Waals surface area (Å²) in [6, 6.07) is 7.55. The first-order valence-electron chi connectivity index (χ1n) is 12.0. The third-order valence-corrected chi connectivity index (χ3v) is 6.75. The van der Waals surface area contributed by atoms with Crippen LogP contribution in [-0.4, -0.2) is 44.9 Å². The van der Waals surface area contributed by atoms with Gasteiger partial charge in [0.1, 0.15) is 11.5 Å². The van der Waals surface area contributed by atoms with Crippen LogP contribution in [0.25, 0.3) is 11.4 Å². The first-order chi connectivity index (χ1) is 16.5. The summed E-state index contributed by atoms with van der Waals surface area (Å²) in [5.74, 6) is 3.38. The summed E-state index contributed by atoms with van der Waals surface area (Å²) in [6.45, 7) is 4.55. The van der Waals surface area contributed by atoms with Crippen LogP contribution in [0.5, 0.6) is 11.5 Å². The minimum atomic E-state index is 0.191. The van der Waals surface area contributed by atoms with Crippen molar-refractivity contribution in [3.05, 3.63) is 36.7 Å². The molecule has 6 nitrogen and oxygen atoms in total. The van der Waals surface area contributed by atoms with E-state index in [1.807, 2.05) is 24.3 Å². The molecule has 0 saturated heterocycles. The highest BCUT2D eigenvalue weighted by molar-refractivity contribution is 8.13. The summed E-state index contributed by atoms with van der Waals surface area (Å²) in [7, 11) is 0. The van der Waals surface area contributed by atoms with Gasteiger partial charge < -0.3 is 9.47 Å². The molecular formula is C26H36N2O4S2. The van der Waals surface area contributed by atoms with Gasteiger partial charge in [0.15, 0.2) is 10.2 Å². The summed E-state index contributed by atoms with van der Waals surface area (Å²) in [5, 5.41) is 0.382. The van der Waals surface area contributed by atoms with Crippen molar-refractivity contribution in [3.8, 4) is 22.9 Å². The number of rotatable bonds is 17. The SMILES string of the molecule is CC(=O)SCCCCCCOc1ccnc(-c2cc(OCCCCCCSC(C)=O)ccn2)c1. The Bertz CT molecular complexity index is 808. The standard InChI is InChI=1S/C26H36N2O4S2/c1-21(29)33-17-9-5-3-7-15-31-23-11-13-27-25(19-23)26-20-24(12-14-28-26)32-16-8-4-6-10-18-34-22(2)30/h11-14,19-20H,3-10,15-18H2,1-2H3. The predicted molar refractivity (Wildman–Crippen MR) is 142 cm³/mol. The zero-order valence-corrected chi connectivity index (χ0v) is 21.9. The molecule has 0 saturated carbocycles. The Morgan fingerprint density at radius 3 is 1.50 bits per heavy atom. The molecule has 0 bridgehead atoms. The molecule has 2 aromatic heterocycles. The number of hydrogen-bond acceptors (Lipinski definition) is 8. The van der Waals surface area contributed by atoms with Gasteiger partial charge in [0, 0.05) is 49.9 Å². The Morgan fingerprint density at radius 2 is 1.09 bits per heavy atom. The highest BCUT2D eigenvalue weighted by Gasteiger charge is 2.06. The second-order valence-electron chi connectivity index (χ2n) is 7.96. The molecule has 8 heteroatoms. The Morgan fingerprint density at radius 1 is 0.676 bits per heavy atom. The van der Waals surface area contributed by atoms with Crippen molar-refractivity contribution in [3.63, 3.8) is 0 Å². The van der Waals surface area contributed by atoms with Crippen molar-refractivity contribution in [1.29, 1.82) is 0 Å². The fourth-order valence-corrected chi connectivity index (χ4v) is 4.48. The predicted octanol–water partition coefficient (Wildman–Crippen LogP) is 6.58. The average molecular weight is 505 g/mol. The molecule has 0 fully saturated rings. The highest BCUT2D eigenvalue weighted by atomic mass is 32.2. The molecule has 2 aromatic rings. The van der Waals surface area contributed by atoms with Crippen molar-refractivity contribution in [2.45, 2.75) is 65.2 Å². The second kappa shape index (κ2) is 17.4. The summed E-state index contributed by atoms with van der Waals surface area (Å²) in [4.78, 5) is 30.7. The minimum absolute atomic E-state index is 0.191. The van der Waals surface area contributed by atoms with Gasteiger partial charge in [0.05, 0.1) is 24.6 Å². The first kappa shape index (κ1) is 28.2. The monoisotopic (exact) mass is 504 g/mol. The molecule has 0 unspecified atom stereocenters. The zero-order valence-electron chi connectivity index (χ0n) is 20.3. The van der Waals surface area contributed by atoms with Crippen LogP contribution < -0.4 is 9.47 Å². The topological polar surface area (TPSA) is 78.4 Å². The maximum atomic E-state index is 10.9. The van der Waals surface area contributed by atoms with Crippen LogP contribution in [0.3, 0.4) is 0 Å². The van der Waals surface area contributed by atoms with E-state index < -0.39 is 0 Å². The third-order valence-electron chi connectivity index (χ3n) is 4.95. The zero-order chi connectivity index (χ0) is 24.4. The molecule has 0 radical (unpaired) electrons. The minimum Gasteiger partial charge on any atom is -0.493 e. The molecule has 0 N–H and O–H groups in total. The van der Waals surface area contributed by atoms with Crippen molar-refractivity contribution < 1.29 is 19.1 Å². The lowest BCUT2D eigenvalue weighted by Gasteiger charge is -2.09. The number of thioether (sulfide) groups is 2. The Balaban J connectivity index is 1.68. The number of hydrogen-bond donors (Lipinski definition) is 0. The van der Waals surface area contributed by atoms with E-state index in [4.69, 9.17) is 9.47 Å². The van der Waals surface area contributed by atoms with Gasteiger partial charge in [-0.05, 0) is 37.8 Å². The number of ether oxygens (including phenoxy) is 2. The van der Waals surface area contributed by atoms with Crippen LogP contribution >= 0.6 is 23.5 Å². The van der Waals surface area contributed by atoms with Gasteiger partial charge in [-0.2, -0.15) is 0 Å². The second-order valence-corrected chi connectivity index (χ2v) is 10.5. The average Bonchev–Trinajstić information content (AvgIpc) is 2.82. The van der Waals surface area contributed by atoms with E-state index in [0.29, 0.717) is 13.2 Å². The molecule has 2 rings (SSSR count). The lowest BCUT2D eigenvalue weighted by molar-refractivity contribution is -0.109. The fourth-order valence-electron chi connectivity index (χ4n) is 3.21. The summed E-state index contributed by atoms with van der Waals surface area (Å²) in [6.07, 6.45) is 12.0. The number of pyridine rings is 2. The lowest BCUT2D eigenvalue weighted by atomic mass is 10.2. The van der Waals surface area contributed by atoms with Gasteiger partial charge in [-0.1, -0.05) is 49.2 Å². The van der Waals surface area contributed by atoms with Crippen molar-refractivity contribution in [2.75, 3.05) is 24.7 Å². The lowest BCUT2D eigenvalue weighted by Crippen LogP contribution is -2.00. The molecule has 0 aliphatic heterocycles. The van der Waals surface area contributed by atoms with Crippen LogP contribution in [0.1, 0.15) is 65.2 Å². The Kier molecular flexibility index (Phi) is 14.4. The van der Waals surface area contributed by atoms with Gasteiger partial charge in [0.25, 0.3) is 0 Å². The number of nitrogens with zero attached hydrogens (tertiary/aromatic N) is 2. The molecule has 0 spiro atoms. The quantitative estimate of drug-likeness (QED) is 0.224. The van der Waals surface area contributed by atoms with Gasteiger partial charge in [-0.15, -0.1) is 0 Å². The van der Waals surface area contributed by atoms with E-state index in [1.54, 1.807) is 26.2 Å². The molecule has 34 heavy (non-hydrogen) atoms. The van der Waals surface area contributed by atoms with E-state index in [2.05, 4.69) is 9.97 Å². The van der Waals surface area contributed by atoms with Gasteiger partial charge >= 0.3 is 0 Å². The molecular weight excluding hydrogens is 468 g/mol. The van der Waals surface area contributed by atoms with E-state index in [-0.39, 0.29) is 10.2 Å². The van der Waals surface area contributed by atoms with Crippen LogP contribution in [-0.2, 0) is 9.59 Å². The molecule has 186 valence electrons. The number of carbonyl (C=O) groups is 2. The van der Waals surface area contributed by atoms with Crippen LogP contribution in [0.4, 0.5) is 0 Å². The maximum absolute atomic E-state index is 10.9. The first-order valence-corrected chi connectivity index (χ1v) is 14.0. The number of unbranched alkanes of at least 4 members (excludes halogenated alkanes) is 6. The Hall–Kier alpha value is -2.06. The van der Waals surface area contributed by atoms with Crippen molar-refractivity contribution >= 4 is 33.8 Å². The number of aromatic nitrogens is 2. The molecule has 0 aromatic carbocycles. The normalized spacial score (nSPS) is 10.8. The molecule has 0 aliphatic carbocycles. The fraction of sp³-hybridized carbons (Fsp3) is 0.538. The smallest absolute Gasteiger partial charge is 0.185 e. The molecule has 0 aliphatic rings. The molecule has 2 heterocycles. The summed E-state index contributed by atoms with van der Waals surface area (Å²) < 4.78 is 11.8. The third kappa shape index (κ3) is 13.0. The maximum Gasteiger partial charge on any atom is 0.185 e. The van der Waals surface area contributed by atoms with E-state index >= 15 is 0 Å². The van der Waals surface area contributed by atoms with Crippen LogP contribution in [0, 0.1) is 0 Å².